The highest BCUT2D eigenvalue weighted by molar-refractivity contribution is 6.04. The Morgan fingerprint density at radius 3 is 2.57 bits per heavy atom. The quantitative estimate of drug-likeness (QED) is 0.509. The molecule has 0 aliphatic rings. The highest BCUT2D eigenvalue weighted by Gasteiger charge is 2.08. The monoisotopic (exact) mass is 375 g/mol. The average molecular weight is 375 g/mol. The second-order valence-corrected chi connectivity index (χ2v) is 6.46. The number of benzene rings is 2. The van der Waals surface area contributed by atoms with E-state index in [1.807, 2.05) is 54.6 Å². The first-order chi connectivity index (χ1) is 13.7. The van der Waals surface area contributed by atoms with Gasteiger partial charge in [-0.15, -0.1) is 0 Å². The number of pyridine rings is 1. The lowest BCUT2D eigenvalue weighted by molar-refractivity contribution is 0.102. The summed E-state index contributed by atoms with van der Waals surface area (Å²) in [7, 11) is 0. The molecule has 2 N–H and O–H groups in total. The van der Waals surface area contributed by atoms with E-state index in [2.05, 4.69) is 22.5 Å². The topological polar surface area (TPSA) is 63.2 Å². The molecule has 0 fully saturated rings. The van der Waals surface area contributed by atoms with Crippen molar-refractivity contribution in [1.82, 2.24) is 4.98 Å². The molecule has 144 valence electrons. The molecular formula is C23H25N3O2. The molecule has 3 rings (SSSR count). The number of carbonyl (C=O) groups is 1. The smallest absolute Gasteiger partial charge is 0.255 e. The van der Waals surface area contributed by atoms with Crippen LogP contribution in [0.25, 0.3) is 0 Å². The summed E-state index contributed by atoms with van der Waals surface area (Å²) in [5, 5.41) is 6.14. The van der Waals surface area contributed by atoms with Crippen LogP contribution in [-0.2, 0) is 6.61 Å². The van der Waals surface area contributed by atoms with Gasteiger partial charge in [0.2, 0.25) is 0 Å². The highest BCUT2D eigenvalue weighted by Crippen LogP contribution is 2.18. The fraction of sp³-hybridized carbons (Fsp3) is 0.217. The standard InChI is InChI=1S/C23H25N3O2/c1-2-3-14-24-22-16-19(13-15-25-22)23(27)26-20-9-11-21(12-10-20)28-17-18-7-5-4-6-8-18/h4-13,15-16H,2-3,14,17H2,1H3,(H,24,25)(H,26,27). The SMILES string of the molecule is CCCCNc1cc(C(=O)Nc2ccc(OCc3ccccc3)cc2)ccn1. The maximum absolute atomic E-state index is 12.5. The summed E-state index contributed by atoms with van der Waals surface area (Å²) in [6.45, 7) is 3.49. The zero-order valence-corrected chi connectivity index (χ0v) is 16.0. The maximum atomic E-state index is 12.5. The van der Waals surface area contributed by atoms with Gasteiger partial charge >= 0.3 is 0 Å². The number of aromatic nitrogens is 1. The molecule has 0 atom stereocenters. The Labute approximate surface area is 165 Å². The van der Waals surface area contributed by atoms with Crippen molar-refractivity contribution < 1.29 is 9.53 Å². The molecule has 0 bridgehead atoms. The molecule has 0 saturated carbocycles. The normalized spacial score (nSPS) is 10.3. The molecule has 0 aliphatic carbocycles. The lowest BCUT2D eigenvalue weighted by atomic mass is 10.2. The first-order valence-electron chi connectivity index (χ1n) is 9.52. The molecule has 28 heavy (non-hydrogen) atoms. The van der Waals surface area contributed by atoms with Gasteiger partial charge in [0.25, 0.3) is 5.91 Å². The number of anilines is 2. The van der Waals surface area contributed by atoms with Crippen molar-refractivity contribution in [2.75, 3.05) is 17.2 Å². The van der Waals surface area contributed by atoms with Gasteiger partial charge in [-0.05, 0) is 48.4 Å². The number of carbonyl (C=O) groups excluding carboxylic acids is 1. The average Bonchev–Trinajstić information content (AvgIpc) is 2.74. The number of rotatable bonds is 9. The van der Waals surface area contributed by atoms with Crippen molar-refractivity contribution in [1.29, 1.82) is 0 Å². The Kier molecular flexibility index (Phi) is 7.01. The minimum absolute atomic E-state index is 0.168. The summed E-state index contributed by atoms with van der Waals surface area (Å²) < 4.78 is 5.77. The van der Waals surface area contributed by atoms with Crippen LogP contribution in [-0.4, -0.2) is 17.4 Å². The summed E-state index contributed by atoms with van der Waals surface area (Å²) in [6, 6.07) is 20.8. The van der Waals surface area contributed by atoms with Crippen molar-refractivity contribution in [3.8, 4) is 5.75 Å². The third-order valence-corrected chi connectivity index (χ3v) is 4.22. The number of nitrogens with one attached hydrogen (secondary N) is 2. The third-order valence-electron chi connectivity index (χ3n) is 4.22. The van der Waals surface area contributed by atoms with E-state index in [1.165, 1.54) is 0 Å². The zero-order chi connectivity index (χ0) is 19.6. The molecule has 2 aromatic carbocycles. The summed E-state index contributed by atoms with van der Waals surface area (Å²) in [4.78, 5) is 16.7. The fourth-order valence-corrected chi connectivity index (χ4v) is 2.64. The zero-order valence-electron chi connectivity index (χ0n) is 16.0. The molecule has 0 unspecified atom stereocenters. The molecule has 0 radical (unpaired) electrons. The van der Waals surface area contributed by atoms with E-state index in [4.69, 9.17) is 4.74 Å². The molecule has 0 spiro atoms. The van der Waals surface area contributed by atoms with E-state index in [0.29, 0.717) is 18.0 Å². The first-order valence-corrected chi connectivity index (χ1v) is 9.52. The van der Waals surface area contributed by atoms with E-state index < -0.39 is 0 Å². The lowest BCUT2D eigenvalue weighted by Gasteiger charge is -2.09. The van der Waals surface area contributed by atoms with E-state index in [-0.39, 0.29) is 5.91 Å². The highest BCUT2D eigenvalue weighted by atomic mass is 16.5. The van der Waals surface area contributed by atoms with Gasteiger partial charge < -0.3 is 15.4 Å². The molecule has 1 aromatic heterocycles. The Balaban J connectivity index is 1.54. The molecule has 5 heteroatoms. The van der Waals surface area contributed by atoms with Crippen LogP contribution >= 0.6 is 0 Å². The molecule has 0 aliphatic heterocycles. The van der Waals surface area contributed by atoms with Crippen LogP contribution in [0, 0.1) is 0 Å². The van der Waals surface area contributed by atoms with Gasteiger partial charge in [-0.2, -0.15) is 0 Å². The van der Waals surface area contributed by atoms with Gasteiger partial charge in [-0.3, -0.25) is 4.79 Å². The van der Waals surface area contributed by atoms with Crippen LogP contribution in [0.5, 0.6) is 5.75 Å². The van der Waals surface area contributed by atoms with Gasteiger partial charge in [0.1, 0.15) is 18.2 Å². The Bertz CT molecular complexity index is 880. The number of ether oxygens (including phenoxy) is 1. The van der Waals surface area contributed by atoms with E-state index in [0.717, 1.165) is 36.4 Å². The van der Waals surface area contributed by atoms with Crippen LogP contribution in [0.15, 0.2) is 72.9 Å². The molecule has 5 nitrogen and oxygen atoms in total. The van der Waals surface area contributed by atoms with Gasteiger partial charge in [-0.1, -0.05) is 43.7 Å². The van der Waals surface area contributed by atoms with Crippen molar-refractivity contribution in [2.24, 2.45) is 0 Å². The van der Waals surface area contributed by atoms with Crippen LogP contribution in [0.4, 0.5) is 11.5 Å². The summed E-state index contributed by atoms with van der Waals surface area (Å²) in [5.41, 5.74) is 2.40. The van der Waals surface area contributed by atoms with E-state index in [1.54, 1.807) is 18.3 Å². The lowest BCUT2D eigenvalue weighted by Crippen LogP contribution is -2.13. The van der Waals surface area contributed by atoms with Crippen LogP contribution < -0.4 is 15.4 Å². The van der Waals surface area contributed by atoms with E-state index in [9.17, 15) is 4.79 Å². The minimum Gasteiger partial charge on any atom is -0.489 e. The van der Waals surface area contributed by atoms with Crippen molar-refractivity contribution in [2.45, 2.75) is 26.4 Å². The number of amides is 1. The summed E-state index contributed by atoms with van der Waals surface area (Å²) in [6.07, 6.45) is 3.82. The Morgan fingerprint density at radius 2 is 1.82 bits per heavy atom. The number of nitrogens with zero attached hydrogens (tertiary/aromatic N) is 1. The molecule has 3 aromatic rings. The van der Waals surface area contributed by atoms with Gasteiger partial charge in [-0.25, -0.2) is 4.98 Å². The first kappa shape index (κ1) is 19.4. The van der Waals surface area contributed by atoms with E-state index >= 15 is 0 Å². The minimum atomic E-state index is -0.168. The number of unbranched alkanes of at least 4 members (excludes halogenated alkanes) is 1. The maximum Gasteiger partial charge on any atom is 0.255 e. The van der Waals surface area contributed by atoms with Gasteiger partial charge in [0.05, 0.1) is 0 Å². The van der Waals surface area contributed by atoms with Crippen LogP contribution in [0.3, 0.4) is 0 Å². The van der Waals surface area contributed by atoms with Crippen molar-refractivity contribution in [3.63, 3.8) is 0 Å². The predicted molar refractivity (Wildman–Crippen MR) is 113 cm³/mol. The molecule has 1 heterocycles. The number of hydrogen-bond donors (Lipinski definition) is 2. The van der Waals surface area contributed by atoms with Gasteiger partial charge in [0, 0.05) is 24.0 Å². The van der Waals surface area contributed by atoms with Crippen molar-refractivity contribution >= 4 is 17.4 Å². The Hall–Kier alpha value is -3.34. The number of hydrogen-bond acceptors (Lipinski definition) is 4. The Morgan fingerprint density at radius 1 is 1.04 bits per heavy atom. The molecule has 0 saturated heterocycles. The summed E-state index contributed by atoms with van der Waals surface area (Å²) >= 11 is 0. The second-order valence-electron chi connectivity index (χ2n) is 6.46. The van der Waals surface area contributed by atoms with Crippen LogP contribution in [0.2, 0.25) is 0 Å². The third kappa shape index (κ3) is 5.84. The van der Waals surface area contributed by atoms with Crippen LogP contribution in [0.1, 0.15) is 35.7 Å². The predicted octanol–water partition coefficient (Wildman–Crippen LogP) is 5.12. The largest absolute Gasteiger partial charge is 0.489 e. The van der Waals surface area contributed by atoms with Gasteiger partial charge in [0.15, 0.2) is 0 Å². The summed E-state index contributed by atoms with van der Waals surface area (Å²) in [5.74, 6) is 1.30. The molecule has 1 amide bonds. The van der Waals surface area contributed by atoms with Crippen molar-refractivity contribution in [3.05, 3.63) is 84.1 Å². The second kappa shape index (κ2) is 10.1. The molecular weight excluding hydrogens is 350 g/mol. The fourth-order valence-electron chi connectivity index (χ4n) is 2.64.